The second kappa shape index (κ2) is 7.09. The fourth-order valence-electron chi connectivity index (χ4n) is 4.04. The van der Waals surface area contributed by atoms with E-state index in [1.807, 2.05) is 60.7 Å². The second-order valence-electron chi connectivity index (χ2n) is 7.23. The number of ether oxygens (including phenoxy) is 1. The number of aromatic nitrogens is 2. The average Bonchev–Trinajstić information content (AvgIpc) is 3.09. The molecule has 0 radical (unpaired) electrons. The third kappa shape index (κ3) is 3.05. The van der Waals surface area contributed by atoms with Crippen LogP contribution >= 0.6 is 0 Å². The number of benzene rings is 3. The highest BCUT2D eigenvalue weighted by Crippen LogP contribution is 2.39. The molecule has 0 spiro atoms. The number of nitrogens with one attached hydrogen (secondary N) is 1. The summed E-state index contributed by atoms with van der Waals surface area (Å²) in [6.07, 6.45) is 1.50. The van der Waals surface area contributed by atoms with Gasteiger partial charge in [0.25, 0.3) is 0 Å². The minimum Gasteiger partial charge on any atom is -0.497 e. The zero-order valence-corrected chi connectivity index (χ0v) is 16.1. The van der Waals surface area contributed by atoms with E-state index in [1.54, 1.807) is 7.11 Å². The van der Waals surface area contributed by atoms with Gasteiger partial charge in [0.15, 0.2) is 0 Å². The number of methoxy groups -OCH3 is 1. The molecule has 1 aliphatic rings. The summed E-state index contributed by atoms with van der Waals surface area (Å²) < 4.78 is 7.50. The van der Waals surface area contributed by atoms with E-state index in [0.717, 1.165) is 40.3 Å². The quantitative estimate of drug-likeness (QED) is 0.549. The molecule has 3 aromatic carbocycles. The van der Waals surface area contributed by atoms with E-state index in [4.69, 9.17) is 9.72 Å². The van der Waals surface area contributed by atoms with Crippen LogP contribution in [-0.2, 0) is 11.2 Å². The smallest absolute Gasteiger partial charge is 0.247 e. The van der Waals surface area contributed by atoms with Gasteiger partial charge in [0.1, 0.15) is 17.6 Å². The fourth-order valence-corrected chi connectivity index (χ4v) is 4.04. The molecule has 4 aromatic rings. The van der Waals surface area contributed by atoms with Crippen molar-refractivity contribution < 1.29 is 9.53 Å². The summed E-state index contributed by atoms with van der Waals surface area (Å²) in [5, 5.41) is 3.10. The number of imidazole rings is 1. The Kier molecular flexibility index (Phi) is 4.28. The first-order chi connectivity index (χ1) is 14.2. The van der Waals surface area contributed by atoms with Gasteiger partial charge in [-0.25, -0.2) is 4.98 Å². The van der Waals surface area contributed by atoms with Crippen LogP contribution in [-0.4, -0.2) is 22.6 Å². The lowest BCUT2D eigenvalue weighted by molar-refractivity contribution is -0.119. The minimum absolute atomic E-state index is 0.0192. The van der Waals surface area contributed by atoms with Crippen molar-refractivity contribution in [2.24, 2.45) is 0 Å². The van der Waals surface area contributed by atoms with E-state index in [1.165, 1.54) is 5.56 Å². The van der Waals surface area contributed by atoms with Gasteiger partial charge in [0.05, 0.1) is 23.8 Å². The maximum Gasteiger partial charge on any atom is 0.247 e. The summed E-state index contributed by atoms with van der Waals surface area (Å²) in [7, 11) is 1.64. The first-order valence-electron chi connectivity index (χ1n) is 9.75. The standard InChI is InChI=1S/C24H21N3O2/c1-29-17-12-13-19-18(15-17)23-25-20-9-5-6-10-21(20)27(23)22(24(28)26-19)14-11-16-7-3-2-4-8-16/h2-10,12-13,15,22H,11,14H2,1H3,(H,26,28). The number of carbonyl (C=O) groups is 1. The Balaban J connectivity index is 1.66. The minimum atomic E-state index is -0.351. The van der Waals surface area contributed by atoms with E-state index in [-0.39, 0.29) is 11.9 Å². The normalized spacial score (nSPS) is 15.3. The van der Waals surface area contributed by atoms with Gasteiger partial charge in [0.2, 0.25) is 5.91 Å². The summed E-state index contributed by atoms with van der Waals surface area (Å²) in [4.78, 5) is 18.2. The van der Waals surface area contributed by atoms with Gasteiger partial charge in [-0.3, -0.25) is 4.79 Å². The first-order valence-corrected chi connectivity index (χ1v) is 9.75. The van der Waals surface area contributed by atoms with Crippen molar-refractivity contribution in [2.45, 2.75) is 18.9 Å². The SMILES string of the molecule is COc1ccc2c(c1)-c1nc3ccccc3n1C(CCc1ccccc1)C(=O)N2. The second-order valence-corrected chi connectivity index (χ2v) is 7.23. The van der Waals surface area contributed by atoms with Crippen molar-refractivity contribution in [1.29, 1.82) is 0 Å². The number of rotatable bonds is 4. The lowest BCUT2D eigenvalue weighted by atomic mass is 10.0. The Labute approximate surface area is 169 Å². The molecule has 2 heterocycles. The lowest BCUT2D eigenvalue weighted by Crippen LogP contribution is -2.25. The van der Waals surface area contributed by atoms with Crippen molar-refractivity contribution in [3.05, 3.63) is 78.4 Å². The third-order valence-corrected chi connectivity index (χ3v) is 5.48. The van der Waals surface area contributed by atoms with E-state index in [9.17, 15) is 4.79 Å². The third-order valence-electron chi connectivity index (χ3n) is 5.48. The molecule has 5 nitrogen and oxygen atoms in total. The molecule has 1 N–H and O–H groups in total. The van der Waals surface area contributed by atoms with Crippen LogP contribution in [0.3, 0.4) is 0 Å². The Morgan fingerprint density at radius 1 is 1.03 bits per heavy atom. The monoisotopic (exact) mass is 383 g/mol. The summed E-state index contributed by atoms with van der Waals surface area (Å²) >= 11 is 0. The van der Waals surface area contributed by atoms with Gasteiger partial charge in [-0.2, -0.15) is 0 Å². The van der Waals surface area contributed by atoms with Crippen molar-refractivity contribution in [1.82, 2.24) is 9.55 Å². The van der Waals surface area contributed by atoms with Gasteiger partial charge in [-0.1, -0.05) is 42.5 Å². The largest absolute Gasteiger partial charge is 0.497 e. The van der Waals surface area contributed by atoms with Gasteiger partial charge in [-0.15, -0.1) is 0 Å². The van der Waals surface area contributed by atoms with Gasteiger partial charge >= 0.3 is 0 Å². The first kappa shape index (κ1) is 17.5. The fraction of sp³-hybridized carbons (Fsp3) is 0.167. The molecule has 144 valence electrons. The number of aryl methyl sites for hydroxylation is 1. The molecule has 1 aromatic heterocycles. The van der Waals surface area contributed by atoms with Crippen molar-refractivity contribution in [3.8, 4) is 17.1 Å². The summed E-state index contributed by atoms with van der Waals surface area (Å²) in [5.41, 5.74) is 4.70. The summed E-state index contributed by atoms with van der Waals surface area (Å²) in [6.45, 7) is 0. The van der Waals surface area contributed by atoms with Gasteiger partial charge in [-0.05, 0) is 48.7 Å². The van der Waals surface area contributed by atoms with Crippen molar-refractivity contribution in [2.75, 3.05) is 12.4 Å². The molecule has 5 rings (SSSR count). The Hall–Kier alpha value is -3.60. The Bertz CT molecular complexity index is 1200. The molecule has 0 fully saturated rings. The maximum absolute atomic E-state index is 13.3. The molecule has 5 heteroatoms. The molecule has 1 atom stereocenters. The highest BCUT2D eigenvalue weighted by atomic mass is 16.5. The van der Waals surface area contributed by atoms with Crippen LogP contribution in [0.2, 0.25) is 0 Å². The Morgan fingerprint density at radius 3 is 2.66 bits per heavy atom. The molecular formula is C24H21N3O2. The molecule has 1 amide bonds. The van der Waals surface area contributed by atoms with Crippen LogP contribution in [0.15, 0.2) is 72.8 Å². The highest BCUT2D eigenvalue weighted by molar-refractivity contribution is 6.01. The summed E-state index contributed by atoms with van der Waals surface area (Å²) in [6, 6.07) is 23.6. The van der Waals surface area contributed by atoms with Crippen LogP contribution in [0, 0.1) is 0 Å². The van der Waals surface area contributed by atoms with E-state index >= 15 is 0 Å². The van der Waals surface area contributed by atoms with Crippen LogP contribution in [0.1, 0.15) is 18.0 Å². The molecular weight excluding hydrogens is 362 g/mol. The molecule has 29 heavy (non-hydrogen) atoms. The number of hydrogen-bond acceptors (Lipinski definition) is 3. The molecule has 1 aliphatic heterocycles. The maximum atomic E-state index is 13.3. The highest BCUT2D eigenvalue weighted by Gasteiger charge is 2.31. The van der Waals surface area contributed by atoms with Crippen LogP contribution in [0.25, 0.3) is 22.4 Å². The number of fused-ring (bicyclic) bond motifs is 5. The molecule has 1 unspecified atom stereocenters. The average molecular weight is 383 g/mol. The van der Waals surface area contributed by atoms with Crippen molar-refractivity contribution >= 4 is 22.6 Å². The van der Waals surface area contributed by atoms with E-state index in [0.29, 0.717) is 6.42 Å². The lowest BCUT2D eigenvalue weighted by Gasteiger charge is -2.18. The van der Waals surface area contributed by atoms with Crippen LogP contribution < -0.4 is 10.1 Å². The summed E-state index contributed by atoms with van der Waals surface area (Å²) in [5.74, 6) is 1.50. The predicted octanol–water partition coefficient (Wildman–Crippen LogP) is 4.84. The molecule has 0 bridgehead atoms. The number of para-hydroxylation sites is 2. The van der Waals surface area contributed by atoms with Gasteiger partial charge in [0, 0.05) is 5.56 Å². The number of amides is 1. The zero-order chi connectivity index (χ0) is 19.8. The van der Waals surface area contributed by atoms with Gasteiger partial charge < -0.3 is 14.6 Å². The zero-order valence-electron chi connectivity index (χ0n) is 16.1. The Morgan fingerprint density at radius 2 is 1.83 bits per heavy atom. The molecule has 0 saturated carbocycles. The molecule has 0 saturated heterocycles. The van der Waals surface area contributed by atoms with Crippen LogP contribution in [0.4, 0.5) is 5.69 Å². The number of anilines is 1. The van der Waals surface area contributed by atoms with Crippen LogP contribution in [0.5, 0.6) is 5.75 Å². The molecule has 0 aliphatic carbocycles. The number of nitrogens with zero attached hydrogens (tertiary/aromatic N) is 2. The number of hydrogen-bond donors (Lipinski definition) is 1. The number of carbonyl (C=O) groups excluding carboxylic acids is 1. The van der Waals surface area contributed by atoms with Crippen molar-refractivity contribution in [3.63, 3.8) is 0 Å². The topological polar surface area (TPSA) is 56.2 Å². The van der Waals surface area contributed by atoms with E-state index < -0.39 is 0 Å². The van der Waals surface area contributed by atoms with E-state index in [2.05, 4.69) is 22.0 Å². The predicted molar refractivity (Wildman–Crippen MR) is 114 cm³/mol.